The first-order valence-corrected chi connectivity index (χ1v) is 32.0. The summed E-state index contributed by atoms with van der Waals surface area (Å²) in [7, 11) is 2.84. The molecule has 0 atom stereocenters. The minimum Gasteiger partial charge on any atom is -0.479 e. The molecule has 10 heterocycles. The number of anilines is 4. The van der Waals surface area contributed by atoms with Crippen LogP contribution in [0.5, 0.6) is 0 Å². The first-order chi connectivity index (χ1) is 45.4. The third kappa shape index (κ3) is 14.1. The highest BCUT2D eigenvalue weighted by atomic mass is 32.1. The molecule has 4 aliphatic rings. The summed E-state index contributed by atoms with van der Waals surface area (Å²) in [6.07, 6.45) is 18.5. The predicted octanol–water partition coefficient (Wildman–Crippen LogP) is 10.8. The Morgan fingerprint density at radius 3 is 1.38 bits per heavy atom. The SMILES string of the molecule is CCc1nc2ccc(-c3cnc(CCC4CN(C(=O)C5(O)CC5)C4)nc3)cn2c1N(C)c1nc(-c2ccc(F)cc2)c(C#N)s1.CCc1nc2ccc(-c3cnc(CCC4CNC4)nc3)cn2c1N(C)c1nc(-c2ccc(F)cc2)c(C#N)s1.O=C(O)C1(O)CC1.[2H]CF. The van der Waals surface area contributed by atoms with Crippen LogP contribution in [-0.2, 0) is 35.3 Å². The molecule has 8 aromatic heterocycles. The number of nitrogens with zero attached hydrogens (tertiary/aromatic N) is 15. The molecule has 2 aliphatic heterocycles. The average Bonchev–Trinajstić information content (AvgIpc) is 1.64. The number of hydrogen-bond acceptors (Lipinski definition) is 19. The molecule has 0 spiro atoms. The maximum Gasteiger partial charge on any atom is 0.335 e. The van der Waals surface area contributed by atoms with Gasteiger partial charge in [0.2, 0.25) is 0 Å². The Bertz CT molecular complexity index is 4440. The zero-order chi connectivity index (χ0) is 66.4. The van der Waals surface area contributed by atoms with Crippen molar-refractivity contribution in [2.24, 2.45) is 11.8 Å². The molecule has 2 saturated carbocycles. The topological polar surface area (TPSA) is 276 Å². The first kappa shape index (κ1) is 63.6. The highest BCUT2D eigenvalue weighted by Crippen LogP contribution is 2.41. The Labute approximate surface area is 543 Å². The van der Waals surface area contributed by atoms with Crippen molar-refractivity contribution in [2.45, 2.75) is 89.3 Å². The third-order valence-corrected chi connectivity index (χ3v) is 18.9. The maximum absolute atomic E-state index is 13.5. The smallest absolute Gasteiger partial charge is 0.335 e. The molecule has 2 saturated heterocycles. The number of rotatable bonds is 18. The van der Waals surface area contributed by atoms with Crippen molar-refractivity contribution in [3.8, 4) is 56.9 Å². The number of carbonyl (C=O) groups excluding carboxylic acids is 1. The van der Waals surface area contributed by atoms with Crippen LogP contribution in [0, 0.1) is 46.1 Å². The van der Waals surface area contributed by atoms with E-state index in [0.29, 0.717) is 93.6 Å². The summed E-state index contributed by atoms with van der Waals surface area (Å²) in [4.78, 5) is 66.4. The number of aliphatic hydroxyl groups is 2. The number of aromatic nitrogens is 10. The number of likely N-dealkylation sites (tertiary alicyclic amines) is 1. The molecular formula is C67H67F3N16O5S2. The van der Waals surface area contributed by atoms with Crippen LogP contribution >= 0.6 is 22.7 Å². The largest absolute Gasteiger partial charge is 0.479 e. The number of halogens is 3. The lowest BCUT2D eigenvalue weighted by Gasteiger charge is -2.40. The summed E-state index contributed by atoms with van der Waals surface area (Å²) in [5.74, 6) is 2.61. The van der Waals surface area contributed by atoms with Crippen LogP contribution in [0.15, 0.2) is 110 Å². The number of aliphatic carboxylic acids is 1. The fourth-order valence-corrected chi connectivity index (χ4v) is 12.6. The summed E-state index contributed by atoms with van der Waals surface area (Å²) in [6, 6.07) is 24.5. The molecule has 0 bridgehead atoms. The molecule has 10 aromatic rings. The van der Waals surface area contributed by atoms with E-state index in [0.717, 1.165) is 119 Å². The molecule has 0 radical (unpaired) electrons. The molecule has 4 N–H and O–H groups in total. The molecular weight excluding hydrogens is 1230 g/mol. The molecule has 1 amide bonds. The van der Waals surface area contributed by atoms with Gasteiger partial charge in [0.1, 0.15) is 85.1 Å². The van der Waals surface area contributed by atoms with Crippen LogP contribution in [0.3, 0.4) is 0 Å². The fraction of sp³-hybridized carbons (Fsp3) is 0.343. The molecule has 4 fully saturated rings. The molecule has 2 aliphatic carbocycles. The van der Waals surface area contributed by atoms with Crippen LogP contribution in [-0.4, -0.2) is 139 Å². The standard InChI is InChI=1S/C33H31FN8O2S.C29H27FN8S.C4H6O3.CH3F/c1-3-25-30(40(2)32-39-29(26(14-35)45-32)21-5-8-24(34)9-6-21)42-19-22(7-11-28(42)38-25)23-15-36-27(37-16-23)10-4-20-17-41(18-20)31(43)33(44)12-13-33;1-3-23-28(37(2)29-36-27(24(12-31)39-29)19-5-8-22(30)9-6-19)38-17-20(7-11-26(38)35-23)21-15-33-25(34-16-21)10-4-18-13-32-14-18;5-3(6)4(7)1-2-4;1-2/h5-9,11,15-16,19-20,44H,3-4,10,12-13,17-18H2,1-2H3;5-9,11,15-18,32H,3-4,10,13-14H2,1-2H3;7H,1-2H2,(H,5,6);1H3/i;;;1D. The summed E-state index contributed by atoms with van der Waals surface area (Å²) in [5.41, 5.74) is 7.16. The van der Waals surface area contributed by atoms with Crippen LogP contribution in [0.25, 0.3) is 56.1 Å². The molecule has 93 heavy (non-hydrogen) atoms. The maximum atomic E-state index is 13.5. The molecule has 21 nitrogen and oxygen atoms in total. The van der Waals surface area contributed by atoms with Crippen LogP contribution in [0.2, 0.25) is 0 Å². The first-order valence-electron chi connectivity index (χ1n) is 31.1. The number of nitriles is 2. The fourth-order valence-electron chi connectivity index (χ4n) is 10.9. The summed E-state index contributed by atoms with van der Waals surface area (Å²) < 4.78 is 46.6. The van der Waals surface area contributed by atoms with Crippen molar-refractivity contribution >= 4 is 67.7 Å². The predicted molar refractivity (Wildman–Crippen MR) is 348 cm³/mol. The highest BCUT2D eigenvalue weighted by molar-refractivity contribution is 7.17. The molecule has 14 rings (SSSR count). The minimum atomic E-state index is -1.33. The number of thiazole rings is 2. The van der Waals surface area contributed by atoms with Gasteiger partial charge in [-0.1, -0.05) is 36.5 Å². The van der Waals surface area contributed by atoms with Gasteiger partial charge in [0, 0.05) is 111 Å². The minimum absolute atomic E-state index is 0.122. The number of carbonyl (C=O) groups is 2. The highest BCUT2D eigenvalue weighted by Gasteiger charge is 2.52. The van der Waals surface area contributed by atoms with Crippen molar-refractivity contribution in [2.75, 3.05) is 57.2 Å². The Balaban J connectivity index is 0.000000168. The van der Waals surface area contributed by atoms with Gasteiger partial charge >= 0.3 is 5.97 Å². The lowest BCUT2D eigenvalue weighted by molar-refractivity contribution is -0.149. The van der Waals surface area contributed by atoms with Crippen molar-refractivity contribution in [1.29, 1.82) is 10.5 Å². The van der Waals surface area contributed by atoms with Gasteiger partial charge in [-0.25, -0.2) is 53.4 Å². The van der Waals surface area contributed by atoms with E-state index in [-0.39, 0.29) is 17.5 Å². The quantitative estimate of drug-likeness (QED) is 0.0621. The van der Waals surface area contributed by atoms with E-state index >= 15 is 0 Å². The second-order valence-electron chi connectivity index (χ2n) is 23.3. The van der Waals surface area contributed by atoms with Gasteiger partial charge in [0.15, 0.2) is 15.9 Å². The average molecular weight is 1300 g/mol. The second-order valence-corrected chi connectivity index (χ2v) is 25.2. The third-order valence-electron chi connectivity index (χ3n) is 16.9. The van der Waals surface area contributed by atoms with Gasteiger partial charge < -0.3 is 35.3 Å². The molecule has 478 valence electrons. The molecule has 2 aromatic carbocycles. The summed E-state index contributed by atoms with van der Waals surface area (Å²) >= 11 is 2.58. The number of fused-ring (bicyclic) bond motifs is 2. The Morgan fingerprint density at radius 2 is 1.03 bits per heavy atom. The molecule has 0 unspecified atom stereocenters. The number of nitrogens with one attached hydrogen (secondary N) is 1. The van der Waals surface area contributed by atoms with Crippen molar-refractivity contribution in [3.63, 3.8) is 0 Å². The number of alkyl halides is 1. The van der Waals surface area contributed by atoms with Gasteiger partial charge in [-0.2, -0.15) is 10.5 Å². The molecule has 26 heteroatoms. The van der Waals surface area contributed by atoms with Gasteiger partial charge in [-0.15, -0.1) is 0 Å². The lowest BCUT2D eigenvalue weighted by Crippen LogP contribution is -2.54. The van der Waals surface area contributed by atoms with E-state index < -0.39 is 24.3 Å². The van der Waals surface area contributed by atoms with Gasteiger partial charge in [-0.3, -0.25) is 18.0 Å². The van der Waals surface area contributed by atoms with E-state index in [4.69, 9.17) is 31.5 Å². The number of pyridine rings is 2. The number of aryl methyl sites for hydroxylation is 4. The Morgan fingerprint density at radius 1 is 0.634 bits per heavy atom. The number of benzene rings is 2. The van der Waals surface area contributed by atoms with Crippen LogP contribution in [0.1, 0.15) is 86.5 Å². The van der Waals surface area contributed by atoms with Crippen molar-refractivity contribution < 1.29 is 39.5 Å². The number of carboxylic acids is 1. The number of amides is 1. The Kier molecular flexibility index (Phi) is 18.9. The van der Waals surface area contributed by atoms with Crippen molar-refractivity contribution in [3.05, 3.63) is 154 Å². The summed E-state index contributed by atoms with van der Waals surface area (Å²) in [6.45, 7) is 7.67. The van der Waals surface area contributed by atoms with Crippen LogP contribution in [0.4, 0.5) is 35.1 Å². The van der Waals surface area contributed by atoms with E-state index in [1.807, 2.05) is 96.7 Å². The van der Waals surface area contributed by atoms with E-state index in [1.165, 1.54) is 46.9 Å². The number of carboxylic acid groups (broad SMARTS) is 1. The lowest BCUT2D eigenvalue weighted by atomic mass is 9.93. The van der Waals surface area contributed by atoms with E-state index in [1.54, 1.807) is 29.2 Å². The second kappa shape index (κ2) is 27.7. The van der Waals surface area contributed by atoms with Crippen molar-refractivity contribution in [1.82, 2.24) is 58.9 Å². The monoisotopic (exact) mass is 1300 g/mol. The van der Waals surface area contributed by atoms with Crippen LogP contribution < -0.4 is 15.1 Å². The van der Waals surface area contributed by atoms with E-state index in [9.17, 15) is 38.4 Å². The zero-order valence-corrected chi connectivity index (χ0v) is 53.1. The zero-order valence-electron chi connectivity index (χ0n) is 52.5. The Hall–Kier alpha value is -9.57. The van der Waals surface area contributed by atoms with E-state index in [2.05, 4.69) is 48.7 Å². The normalized spacial score (nSPS) is 15.2. The van der Waals surface area contributed by atoms with Gasteiger partial charge in [0.25, 0.3) is 5.91 Å². The number of imidazole rings is 2. The number of hydrogen-bond donors (Lipinski definition) is 4. The van der Waals surface area contributed by atoms with Gasteiger partial charge in [0.05, 0.1) is 19.9 Å². The van der Waals surface area contributed by atoms with Gasteiger partial charge in [-0.05, 0) is 149 Å². The summed E-state index contributed by atoms with van der Waals surface area (Å²) in [5, 5.41) is 50.9.